The van der Waals surface area contributed by atoms with Gasteiger partial charge in [-0.2, -0.15) is 0 Å². The van der Waals surface area contributed by atoms with E-state index in [0.29, 0.717) is 0 Å². The zero-order valence-electron chi connectivity index (χ0n) is 23.7. The summed E-state index contributed by atoms with van der Waals surface area (Å²) in [6, 6.07) is 55.2. The van der Waals surface area contributed by atoms with Crippen LogP contribution in [0.5, 0.6) is 0 Å². The smallest absolute Gasteiger partial charge is 0.0622 e. The average molecular weight is 562 g/mol. The van der Waals surface area contributed by atoms with Crippen LogP contribution >= 0.6 is 7.80 Å². The van der Waals surface area contributed by atoms with Gasteiger partial charge in [-0.3, -0.25) is 0 Å². The normalized spacial score (nSPS) is 11.3. The van der Waals surface area contributed by atoms with Crippen molar-refractivity contribution in [3.8, 4) is 0 Å². The van der Waals surface area contributed by atoms with E-state index in [0.717, 1.165) is 36.3 Å². The summed E-state index contributed by atoms with van der Waals surface area (Å²) < 4.78 is 13.9. The maximum absolute atomic E-state index is 13.9. The molecule has 0 aliphatic rings. The maximum atomic E-state index is 13.9. The monoisotopic (exact) mass is 561 g/mol. The van der Waals surface area contributed by atoms with Gasteiger partial charge in [-0.15, -0.1) is 0 Å². The highest BCUT2D eigenvalue weighted by Crippen LogP contribution is 2.27. The molecule has 0 spiro atoms. The molecule has 0 aromatic heterocycles. The molecule has 1 unspecified atom stereocenters. The van der Waals surface area contributed by atoms with Crippen LogP contribution in [0.1, 0.15) is 44.5 Å². The second-order valence-corrected chi connectivity index (χ2v) is 12.4. The minimum absolute atomic E-state index is 0.747. The second-order valence-electron chi connectivity index (χ2n) is 10.9. The van der Waals surface area contributed by atoms with Gasteiger partial charge in [0.2, 0.25) is 0 Å². The van der Waals surface area contributed by atoms with Gasteiger partial charge in [-0.05, 0) is 76.4 Å². The molecule has 0 fully saturated rings. The summed E-state index contributed by atoms with van der Waals surface area (Å²) in [5.74, 6) is 0. The predicted octanol–water partition coefficient (Wildman–Crippen LogP) is 8.83. The van der Waals surface area contributed by atoms with Gasteiger partial charge < -0.3 is 0 Å². The summed E-state index contributed by atoms with van der Waals surface area (Å²) in [4.78, 5) is 0. The first-order valence-corrected chi connectivity index (χ1v) is 15.8. The van der Waals surface area contributed by atoms with Crippen LogP contribution in [0, 0.1) is 0 Å². The van der Waals surface area contributed by atoms with Gasteiger partial charge >= 0.3 is 7.80 Å². The van der Waals surface area contributed by atoms with Crippen molar-refractivity contribution in [3.05, 3.63) is 202 Å². The van der Waals surface area contributed by atoms with Gasteiger partial charge in [0, 0.05) is 12.0 Å². The molecule has 6 aromatic rings. The molecule has 0 saturated carbocycles. The van der Waals surface area contributed by atoms with Crippen molar-refractivity contribution >= 4 is 18.4 Å². The van der Waals surface area contributed by atoms with E-state index >= 15 is 0 Å². The van der Waals surface area contributed by atoms with Crippen LogP contribution in [0.15, 0.2) is 158 Å². The lowest BCUT2D eigenvalue weighted by atomic mass is 9.93. The molecule has 0 saturated heterocycles. The van der Waals surface area contributed by atoms with Crippen LogP contribution in [-0.4, -0.2) is 0 Å². The Hall–Kier alpha value is -4.58. The van der Waals surface area contributed by atoms with Crippen molar-refractivity contribution in [1.29, 1.82) is 0 Å². The molecule has 0 amide bonds. The van der Waals surface area contributed by atoms with Crippen LogP contribution in [0.3, 0.4) is 0 Å². The molecule has 2 heteroatoms. The lowest BCUT2D eigenvalue weighted by Crippen LogP contribution is -2.15. The van der Waals surface area contributed by atoms with Gasteiger partial charge in [0.1, 0.15) is 0 Å². The first-order valence-electron chi connectivity index (χ1n) is 14.6. The van der Waals surface area contributed by atoms with Gasteiger partial charge in [0.05, 0.1) is 0 Å². The SMILES string of the molecule is O=[P+](c1ccccc1)c1cccc(Cc2ccc(Cc3ccccc3)cc2)c1Cc1ccc(Cc2ccccc2)cc1. The van der Waals surface area contributed by atoms with E-state index < -0.39 is 7.80 Å². The Bertz CT molecular complexity index is 1740. The highest BCUT2D eigenvalue weighted by Gasteiger charge is 2.28. The highest BCUT2D eigenvalue weighted by molar-refractivity contribution is 7.61. The van der Waals surface area contributed by atoms with E-state index in [-0.39, 0.29) is 0 Å². The van der Waals surface area contributed by atoms with E-state index in [9.17, 15) is 4.57 Å². The van der Waals surface area contributed by atoms with Gasteiger partial charge in [0.15, 0.2) is 10.6 Å². The predicted molar refractivity (Wildman–Crippen MR) is 177 cm³/mol. The lowest BCUT2D eigenvalue weighted by Gasteiger charge is -2.12. The Morgan fingerprint density at radius 3 is 1.26 bits per heavy atom. The minimum atomic E-state index is -1.70. The van der Waals surface area contributed by atoms with Crippen LogP contribution in [0.2, 0.25) is 0 Å². The highest BCUT2D eigenvalue weighted by atomic mass is 31.1. The van der Waals surface area contributed by atoms with E-state index in [1.54, 1.807) is 0 Å². The van der Waals surface area contributed by atoms with E-state index in [1.807, 2.05) is 30.3 Å². The van der Waals surface area contributed by atoms with Gasteiger partial charge in [-0.1, -0.05) is 144 Å². The molecule has 0 N–H and O–H groups in total. The molecular formula is C40H34OP+. The Balaban J connectivity index is 1.28. The molecule has 42 heavy (non-hydrogen) atoms. The number of benzene rings is 6. The Labute approximate surface area is 250 Å². The fraction of sp³-hybridized carbons (Fsp3) is 0.100. The molecule has 204 valence electrons. The molecule has 1 nitrogen and oxygen atoms in total. The van der Waals surface area contributed by atoms with Crippen molar-refractivity contribution in [2.24, 2.45) is 0 Å². The molecular weight excluding hydrogens is 527 g/mol. The number of hydrogen-bond donors (Lipinski definition) is 0. The van der Waals surface area contributed by atoms with Crippen LogP contribution in [0.4, 0.5) is 0 Å². The summed E-state index contributed by atoms with van der Waals surface area (Å²) in [6.45, 7) is 0. The zero-order chi connectivity index (χ0) is 28.6. The second kappa shape index (κ2) is 13.4. The van der Waals surface area contributed by atoms with Crippen molar-refractivity contribution in [3.63, 3.8) is 0 Å². The van der Waals surface area contributed by atoms with Crippen LogP contribution in [0.25, 0.3) is 0 Å². The molecule has 0 heterocycles. The largest absolute Gasteiger partial charge is 0.415 e. The summed E-state index contributed by atoms with van der Waals surface area (Å²) in [5.41, 5.74) is 10.1. The standard InChI is InChI=1S/C40H34OP/c41-42(38-16-8-3-9-17-38)40-18-10-15-37(29-35-23-19-33(20-24-35)27-31-11-4-1-5-12-31)39(40)30-36-25-21-34(22-26-36)28-32-13-6-2-7-14-32/h1-26H,27-30H2/q+1. The topological polar surface area (TPSA) is 17.1 Å². The molecule has 6 rings (SSSR count). The summed E-state index contributed by atoms with van der Waals surface area (Å²) in [7, 11) is -1.70. The maximum Gasteiger partial charge on any atom is 0.415 e. The first kappa shape index (κ1) is 27.6. The first-order chi connectivity index (χ1) is 20.7. The molecule has 0 aliphatic carbocycles. The lowest BCUT2D eigenvalue weighted by molar-refractivity contribution is 0.598. The van der Waals surface area contributed by atoms with Crippen LogP contribution in [-0.2, 0) is 30.2 Å². The fourth-order valence-electron chi connectivity index (χ4n) is 5.52. The number of hydrogen-bond acceptors (Lipinski definition) is 1. The molecule has 6 aromatic carbocycles. The third-order valence-corrected chi connectivity index (χ3v) is 9.41. The Kier molecular flexibility index (Phi) is 8.79. The zero-order valence-corrected chi connectivity index (χ0v) is 24.6. The van der Waals surface area contributed by atoms with Crippen LogP contribution < -0.4 is 10.6 Å². The van der Waals surface area contributed by atoms with Crippen molar-refractivity contribution < 1.29 is 4.57 Å². The average Bonchev–Trinajstić information content (AvgIpc) is 3.05. The van der Waals surface area contributed by atoms with Crippen molar-refractivity contribution in [1.82, 2.24) is 0 Å². The minimum Gasteiger partial charge on any atom is -0.0622 e. The summed E-state index contributed by atoms with van der Waals surface area (Å²) >= 11 is 0. The summed E-state index contributed by atoms with van der Waals surface area (Å²) in [5, 5.41) is 1.80. The number of rotatable bonds is 10. The third-order valence-electron chi connectivity index (χ3n) is 7.78. The van der Waals surface area contributed by atoms with E-state index in [4.69, 9.17) is 0 Å². The van der Waals surface area contributed by atoms with Crippen molar-refractivity contribution in [2.45, 2.75) is 25.7 Å². The molecule has 0 bridgehead atoms. The molecule has 1 atom stereocenters. The van der Waals surface area contributed by atoms with E-state index in [2.05, 4.69) is 127 Å². The quantitative estimate of drug-likeness (QED) is 0.153. The molecule has 0 radical (unpaired) electrons. The third kappa shape index (κ3) is 7.00. The van der Waals surface area contributed by atoms with Crippen molar-refractivity contribution in [2.75, 3.05) is 0 Å². The fourth-order valence-corrected chi connectivity index (χ4v) is 6.93. The Morgan fingerprint density at radius 1 is 0.357 bits per heavy atom. The van der Waals surface area contributed by atoms with Gasteiger partial charge in [0.25, 0.3) is 0 Å². The molecule has 0 aliphatic heterocycles. The van der Waals surface area contributed by atoms with Gasteiger partial charge in [-0.25, -0.2) is 0 Å². The summed E-state index contributed by atoms with van der Waals surface area (Å²) in [6.07, 6.45) is 3.40. The Morgan fingerprint density at radius 2 is 0.762 bits per heavy atom. The van der Waals surface area contributed by atoms with E-state index in [1.165, 1.54) is 44.5 Å².